The van der Waals surface area contributed by atoms with E-state index in [-0.39, 0.29) is 0 Å². The number of fused-ring (bicyclic) bond motifs is 1. The number of pyridine rings is 1. The lowest BCUT2D eigenvalue weighted by Crippen LogP contribution is -2.47. The summed E-state index contributed by atoms with van der Waals surface area (Å²) in [6.45, 7) is 1.17. The molecule has 2 fully saturated rings. The molecule has 0 radical (unpaired) electrons. The van der Waals surface area contributed by atoms with Gasteiger partial charge in [0.25, 0.3) is 0 Å². The minimum absolute atomic E-state index is 0.555. The number of alkyl halides is 1. The van der Waals surface area contributed by atoms with Gasteiger partial charge in [0.15, 0.2) is 0 Å². The highest BCUT2D eigenvalue weighted by molar-refractivity contribution is 6.17. The van der Waals surface area contributed by atoms with Crippen molar-refractivity contribution in [3.05, 3.63) is 23.9 Å². The van der Waals surface area contributed by atoms with Crippen molar-refractivity contribution in [2.24, 2.45) is 5.92 Å². The van der Waals surface area contributed by atoms with E-state index in [1.54, 1.807) is 0 Å². The molecule has 1 aliphatic heterocycles. The molecule has 1 aliphatic carbocycles. The molecule has 0 bridgehead atoms. The van der Waals surface area contributed by atoms with Gasteiger partial charge in [-0.05, 0) is 43.2 Å². The first-order chi connectivity index (χ1) is 8.88. The fourth-order valence-corrected chi connectivity index (χ4v) is 3.73. The normalized spacial score (nSPS) is 27.9. The Morgan fingerprint density at radius 3 is 2.78 bits per heavy atom. The van der Waals surface area contributed by atoms with Gasteiger partial charge in [0.2, 0.25) is 0 Å². The molecule has 2 aliphatic rings. The molecule has 98 valence electrons. The van der Waals surface area contributed by atoms with E-state index in [2.05, 4.69) is 22.0 Å². The van der Waals surface area contributed by atoms with Gasteiger partial charge in [-0.25, -0.2) is 4.98 Å². The monoisotopic (exact) mass is 264 g/mol. The van der Waals surface area contributed by atoms with Gasteiger partial charge in [0.1, 0.15) is 5.82 Å². The quantitative estimate of drug-likeness (QED) is 0.751. The van der Waals surface area contributed by atoms with Gasteiger partial charge in [-0.1, -0.05) is 18.9 Å². The number of hydrogen-bond donors (Lipinski definition) is 0. The van der Waals surface area contributed by atoms with Crippen molar-refractivity contribution in [3.63, 3.8) is 0 Å². The van der Waals surface area contributed by atoms with Crippen LogP contribution in [-0.4, -0.2) is 17.6 Å². The SMILES string of the molecule is ClCc1ccc(N2CCC[C@H]3CCCC[C@H]32)nc1. The lowest BCUT2D eigenvalue weighted by Gasteiger charge is -2.44. The number of piperidine rings is 1. The number of hydrogen-bond acceptors (Lipinski definition) is 2. The standard InChI is InChI=1S/C15H21ClN2/c16-10-12-7-8-15(17-11-12)18-9-3-5-13-4-1-2-6-14(13)18/h7-8,11,13-14H,1-6,9-10H2/t13-,14-/m1/s1. The van der Waals surface area contributed by atoms with Crippen LogP contribution in [0.25, 0.3) is 0 Å². The smallest absolute Gasteiger partial charge is 0.128 e. The largest absolute Gasteiger partial charge is 0.353 e. The van der Waals surface area contributed by atoms with Gasteiger partial charge in [-0.2, -0.15) is 0 Å². The zero-order valence-electron chi connectivity index (χ0n) is 10.8. The van der Waals surface area contributed by atoms with Crippen LogP contribution in [0.1, 0.15) is 44.1 Å². The highest BCUT2D eigenvalue weighted by Crippen LogP contribution is 2.37. The molecular formula is C15H21ClN2. The third kappa shape index (κ3) is 2.35. The molecule has 1 saturated carbocycles. The Morgan fingerprint density at radius 1 is 1.17 bits per heavy atom. The van der Waals surface area contributed by atoms with Crippen molar-refractivity contribution < 1.29 is 0 Å². The Kier molecular flexibility index (Phi) is 3.74. The van der Waals surface area contributed by atoms with Gasteiger partial charge in [-0.15, -0.1) is 11.6 Å². The summed E-state index contributed by atoms with van der Waals surface area (Å²) in [5.41, 5.74) is 1.11. The number of nitrogens with zero attached hydrogens (tertiary/aromatic N) is 2. The summed E-state index contributed by atoms with van der Waals surface area (Å²) in [6, 6.07) is 5.00. The second-order valence-corrected chi connectivity index (χ2v) is 5.87. The zero-order valence-corrected chi connectivity index (χ0v) is 11.6. The molecule has 0 N–H and O–H groups in total. The molecule has 2 atom stereocenters. The van der Waals surface area contributed by atoms with Crippen LogP contribution in [0.5, 0.6) is 0 Å². The Labute approximate surface area is 114 Å². The number of anilines is 1. The predicted octanol–water partition coefficient (Wildman–Crippen LogP) is 3.98. The molecule has 0 aromatic carbocycles. The van der Waals surface area contributed by atoms with E-state index in [4.69, 9.17) is 11.6 Å². The first-order valence-corrected chi connectivity index (χ1v) is 7.69. The molecule has 1 aromatic heterocycles. The Bertz CT molecular complexity index is 388. The van der Waals surface area contributed by atoms with Gasteiger partial charge < -0.3 is 4.90 Å². The molecular weight excluding hydrogens is 244 g/mol. The average Bonchev–Trinajstić information content (AvgIpc) is 2.47. The summed E-state index contributed by atoms with van der Waals surface area (Å²) in [5, 5.41) is 0. The molecule has 0 spiro atoms. The first-order valence-electron chi connectivity index (χ1n) is 7.16. The Morgan fingerprint density at radius 2 is 2.00 bits per heavy atom. The maximum Gasteiger partial charge on any atom is 0.128 e. The van der Waals surface area contributed by atoms with E-state index >= 15 is 0 Å². The molecule has 0 unspecified atom stereocenters. The van der Waals surface area contributed by atoms with Crippen molar-refractivity contribution in [2.45, 2.75) is 50.4 Å². The van der Waals surface area contributed by atoms with Crippen LogP contribution in [0, 0.1) is 5.92 Å². The summed E-state index contributed by atoms with van der Waals surface area (Å²) in [4.78, 5) is 7.15. The maximum absolute atomic E-state index is 5.82. The zero-order chi connectivity index (χ0) is 12.4. The van der Waals surface area contributed by atoms with Crippen LogP contribution in [-0.2, 0) is 5.88 Å². The van der Waals surface area contributed by atoms with Crippen molar-refractivity contribution in [3.8, 4) is 0 Å². The molecule has 1 saturated heterocycles. The van der Waals surface area contributed by atoms with Crippen molar-refractivity contribution >= 4 is 17.4 Å². The van der Waals surface area contributed by atoms with Crippen LogP contribution in [0.15, 0.2) is 18.3 Å². The molecule has 3 rings (SSSR count). The molecule has 3 heteroatoms. The highest BCUT2D eigenvalue weighted by atomic mass is 35.5. The second-order valence-electron chi connectivity index (χ2n) is 5.61. The molecule has 2 nitrogen and oxygen atoms in total. The Hall–Kier alpha value is -0.760. The van der Waals surface area contributed by atoms with Gasteiger partial charge in [-0.3, -0.25) is 0 Å². The first kappa shape index (κ1) is 12.3. The molecule has 0 amide bonds. The third-order valence-corrected chi connectivity index (χ3v) is 4.81. The van der Waals surface area contributed by atoms with E-state index < -0.39 is 0 Å². The predicted molar refractivity (Wildman–Crippen MR) is 76.1 cm³/mol. The minimum Gasteiger partial charge on any atom is -0.353 e. The van der Waals surface area contributed by atoms with E-state index in [9.17, 15) is 0 Å². The number of halogens is 1. The lowest BCUT2D eigenvalue weighted by atomic mass is 9.78. The molecule has 18 heavy (non-hydrogen) atoms. The summed E-state index contributed by atoms with van der Waals surface area (Å²) in [7, 11) is 0. The topological polar surface area (TPSA) is 16.1 Å². The van der Waals surface area contributed by atoms with Gasteiger partial charge in [0, 0.05) is 24.7 Å². The van der Waals surface area contributed by atoms with Crippen molar-refractivity contribution in [1.29, 1.82) is 0 Å². The second kappa shape index (κ2) is 5.48. The van der Waals surface area contributed by atoms with Crippen LogP contribution in [0.2, 0.25) is 0 Å². The van der Waals surface area contributed by atoms with Crippen molar-refractivity contribution in [2.75, 3.05) is 11.4 Å². The van der Waals surface area contributed by atoms with E-state index in [1.807, 2.05) is 6.20 Å². The molecule has 2 heterocycles. The fourth-order valence-electron chi connectivity index (χ4n) is 3.57. The van der Waals surface area contributed by atoms with Crippen molar-refractivity contribution in [1.82, 2.24) is 4.98 Å². The van der Waals surface area contributed by atoms with Crippen LogP contribution < -0.4 is 4.90 Å². The van der Waals surface area contributed by atoms with Gasteiger partial charge >= 0.3 is 0 Å². The summed E-state index contributed by atoms with van der Waals surface area (Å²) < 4.78 is 0. The van der Waals surface area contributed by atoms with E-state index in [0.717, 1.165) is 23.3 Å². The maximum atomic E-state index is 5.82. The number of aromatic nitrogens is 1. The lowest BCUT2D eigenvalue weighted by molar-refractivity contribution is 0.243. The third-order valence-electron chi connectivity index (χ3n) is 4.50. The molecule has 1 aromatic rings. The van der Waals surface area contributed by atoms with Gasteiger partial charge in [0.05, 0.1) is 0 Å². The van der Waals surface area contributed by atoms with Crippen LogP contribution in [0.4, 0.5) is 5.82 Å². The number of rotatable bonds is 2. The average molecular weight is 265 g/mol. The minimum atomic E-state index is 0.555. The fraction of sp³-hybridized carbons (Fsp3) is 0.667. The van der Waals surface area contributed by atoms with Crippen LogP contribution in [0.3, 0.4) is 0 Å². The van der Waals surface area contributed by atoms with E-state index in [0.29, 0.717) is 5.88 Å². The van der Waals surface area contributed by atoms with E-state index in [1.165, 1.54) is 45.1 Å². The summed E-state index contributed by atoms with van der Waals surface area (Å²) in [6.07, 6.45) is 10.2. The summed E-state index contributed by atoms with van der Waals surface area (Å²) >= 11 is 5.82. The summed E-state index contributed by atoms with van der Waals surface area (Å²) in [5.74, 6) is 2.61. The Balaban J connectivity index is 1.80. The van der Waals surface area contributed by atoms with Crippen LogP contribution >= 0.6 is 11.6 Å². The highest BCUT2D eigenvalue weighted by Gasteiger charge is 2.33.